The standard InChI is InChI=1S/C22H23F3N2O5.C16H19NO/c1-13-11-27(9-10-28)21(31)16-3-2-4-17(19(16)32-12-13)26-20(30)18(29)14-5-7-15(8-6-14)22(23,24)25;1-13-6-4-5-7-16(13)18-15-10-8-14(9-11-15)12-17(2)3/h2-8,13,18,28-29H,9-12H2,1H3,(H,26,30);4-11H,12H2,1-3H3/t13-,18?;/m1./s1. The van der Waals surface area contributed by atoms with Crippen molar-refractivity contribution >= 4 is 17.5 Å². The van der Waals surface area contributed by atoms with Gasteiger partial charge in [0.05, 0.1) is 30.0 Å². The van der Waals surface area contributed by atoms with Crippen LogP contribution in [-0.2, 0) is 17.5 Å². The van der Waals surface area contributed by atoms with E-state index in [0.717, 1.165) is 47.9 Å². The zero-order valence-corrected chi connectivity index (χ0v) is 28.4. The summed E-state index contributed by atoms with van der Waals surface area (Å²) in [6, 6.07) is 24.5. The zero-order valence-electron chi connectivity index (χ0n) is 28.4. The number of hydrogen-bond donors (Lipinski definition) is 3. The molecule has 266 valence electrons. The number of halogens is 3. The summed E-state index contributed by atoms with van der Waals surface area (Å²) in [6.07, 6.45) is -6.26. The lowest BCUT2D eigenvalue weighted by atomic mass is 10.0. The lowest BCUT2D eigenvalue weighted by Crippen LogP contribution is -2.40. The summed E-state index contributed by atoms with van der Waals surface area (Å²) in [5, 5.41) is 22.1. The number of para-hydroxylation sites is 2. The van der Waals surface area contributed by atoms with Gasteiger partial charge in [0.1, 0.15) is 11.5 Å². The minimum atomic E-state index is -4.53. The fourth-order valence-electron chi connectivity index (χ4n) is 5.21. The maximum absolute atomic E-state index is 12.9. The van der Waals surface area contributed by atoms with Crippen molar-refractivity contribution in [1.29, 1.82) is 0 Å². The predicted molar refractivity (Wildman–Crippen MR) is 184 cm³/mol. The van der Waals surface area contributed by atoms with Gasteiger partial charge >= 0.3 is 6.18 Å². The molecule has 0 aromatic heterocycles. The van der Waals surface area contributed by atoms with Gasteiger partial charge in [-0.05, 0) is 80.2 Å². The second kappa shape index (κ2) is 17.1. The van der Waals surface area contributed by atoms with Crippen molar-refractivity contribution < 1.29 is 42.4 Å². The Morgan fingerprint density at radius 2 is 1.70 bits per heavy atom. The first-order valence-electron chi connectivity index (χ1n) is 16.1. The van der Waals surface area contributed by atoms with Crippen molar-refractivity contribution in [2.45, 2.75) is 32.7 Å². The molecule has 4 aromatic rings. The SMILES string of the molecule is C[C@H]1COc2c(NC(=O)C(O)c3ccc(C(F)(F)F)cc3)cccc2C(=O)N(CCO)C1.Cc1ccccc1Oc1ccc(CN(C)C)cc1. The van der Waals surface area contributed by atoms with E-state index < -0.39 is 23.8 Å². The molecule has 0 spiro atoms. The number of β-amino-alcohol motifs (C(OH)–C–C–N with tert-alkyl or cyclic N) is 1. The van der Waals surface area contributed by atoms with Crippen molar-refractivity contribution in [3.05, 3.63) is 119 Å². The summed E-state index contributed by atoms with van der Waals surface area (Å²) in [5.41, 5.74) is 1.85. The minimum Gasteiger partial charge on any atom is -0.490 e. The van der Waals surface area contributed by atoms with Crippen molar-refractivity contribution in [1.82, 2.24) is 9.80 Å². The molecule has 50 heavy (non-hydrogen) atoms. The van der Waals surface area contributed by atoms with Gasteiger partial charge in [-0.25, -0.2) is 0 Å². The zero-order chi connectivity index (χ0) is 36.4. The van der Waals surface area contributed by atoms with E-state index in [0.29, 0.717) is 6.54 Å². The first-order valence-corrected chi connectivity index (χ1v) is 16.1. The number of rotatable bonds is 9. The molecule has 4 aromatic carbocycles. The van der Waals surface area contributed by atoms with Crippen LogP contribution in [0.2, 0.25) is 0 Å². The topological polar surface area (TPSA) is 112 Å². The molecule has 1 unspecified atom stereocenters. The van der Waals surface area contributed by atoms with Gasteiger partial charge in [-0.1, -0.05) is 55.5 Å². The van der Waals surface area contributed by atoms with Gasteiger partial charge in [0, 0.05) is 25.6 Å². The molecular weight excluding hydrogens is 651 g/mol. The van der Waals surface area contributed by atoms with E-state index in [2.05, 4.69) is 49.4 Å². The summed E-state index contributed by atoms with van der Waals surface area (Å²) < 4.78 is 49.8. The maximum atomic E-state index is 12.9. The fourth-order valence-corrected chi connectivity index (χ4v) is 5.21. The van der Waals surface area contributed by atoms with E-state index in [1.807, 2.05) is 37.3 Å². The summed E-state index contributed by atoms with van der Waals surface area (Å²) in [6.45, 7) is 5.45. The summed E-state index contributed by atoms with van der Waals surface area (Å²) in [5.74, 6) is 0.612. The van der Waals surface area contributed by atoms with Crippen LogP contribution in [0, 0.1) is 12.8 Å². The fraction of sp³-hybridized carbons (Fsp3) is 0.316. The molecule has 0 bridgehead atoms. The van der Waals surface area contributed by atoms with Crippen molar-refractivity contribution in [3.63, 3.8) is 0 Å². The van der Waals surface area contributed by atoms with Gasteiger partial charge in [-0.2, -0.15) is 13.2 Å². The minimum absolute atomic E-state index is 0.0194. The highest BCUT2D eigenvalue weighted by molar-refractivity contribution is 6.02. The third-order valence-electron chi connectivity index (χ3n) is 7.75. The van der Waals surface area contributed by atoms with Crippen LogP contribution in [-0.4, -0.2) is 72.2 Å². The number of carbonyl (C=O) groups excluding carboxylic acids is 2. The number of fused-ring (bicyclic) bond motifs is 1. The first-order chi connectivity index (χ1) is 23.8. The molecule has 9 nitrogen and oxygen atoms in total. The largest absolute Gasteiger partial charge is 0.490 e. The van der Waals surface area contributed by atoms with Gasteiger partial charge in [-0.3, -0.25) is 9.59 Å². The highest BCUT2D eigenvalue weighted by atomic mass is 19.4. The molecule has 3 N–H and O–H groups in total. The van der Waals surface area contributed by atoms with Crippen LogP contribution >= 0.6 is 0 Å². The molecule has 0 aliphatic carbocycles. The average molecular weight is 694 g/mol. The number of aliphatic hydroxyl groups excluding tert-OH is 2. The number of ether oxygens (including phenoxy) is 2. The molecular formula is C38H42F3N3O6. The molecule has 5 rings (SSSR count). The average Bonchev–Trinajstić information content (AvgIpc) is 3.08. The van der Waals surface area contributed by atoms with E-state index in [1.54, 1.807) is 0 Å². The monoisotopic (exact) mass is 693 g/mol. The number of nitrogens with zero attached hydrogens (tertiary/aromatic N) is 2. The van der Waals surface area contributed by atoms with Crippen LogP contribution in [0.5, 0.6) is 17.2 Å². The molecule has 1 aliphatic rings. The molecule has 2 amide bonds. The molecule has 0 saturated heterocycles. The number of anilines is 1. The number of aliphatic hydroxyl groups is 2. The van der Waals surface area contributed by atoms with Gasteiger partial charge in [0.2, 0.25) is 0 Å². The lowest BCUT2D eigenvalue weighted by Gasteiger charge is -2.30. The molecule has 0 saturated carbocycles. The van der Waals surface area contributed by atoms with E-state index in [9.17, 15) is 33.0 Å². The van der Waals surface area contributed by atoms with Crippen LogP contribution in [0.15, 0.2) is 91.0 Å². The Kier molecular flexibility index (Phi) is 13.0. The van der Waals surface area contributed by atoms with Crippen LogP contribution in [0.3, 0.4) is 0 Å². The number of carbonyl (C=O) groups is 2. The molecule has 1 heterocycles. The van der Waals surface area contributed by atoms with Crippen LogP contribution in [0.4, 0.5) is 18.9 Å². The smallest absolute Gasteiger partial charge is 0.416 e. The predicted octanol–water partition coefficient (Wildman–Crippen LogP) is 6.69. The Bertz CT molecular complexity index is 1730. The quantitative estimate of drug-likeness (QED) is 0.179. The normalized spacial score (nSPS) is 15.1. The molecule has 0 fully saturated rings. The van der Waals surface area contributed by atoms with Gasteiger partial charge in [0.25, 0.3) is 11.8 Å². The summed E-state index contributed by atoms with van der Waals surface area (Å²) >= 11 is 0. The Labute approximate surface area is 289 Å². The first kappa shape index (κ1) is 37.9. The highest BCUT2D eigenvalue weighted by Gasteiger charge is 2.31. The third-order valence-corrected chi connectivity index (χ3v) is 7.75. The number of aryl methyl sites for hydroxylation is 1. The van der Waals surface area contributed by atoms with E-state index in [-0.39, 0.29) is 54.1 Å². The van der Waals surface area contributed by atoms with Crippen LogP contribution in [0.25, 0.3) is 0 Å². The number of amides is 2. The van der Waals surface area contributed by atoms with E-state index >= 15 is 0 Å². The Hall–Kier alpha value is -4.91. The van der Waals surface area contributed by atoms with Crippen molar-refractivity contribution in [2.75, 3.05) is 45.7 Å². The van der Waals surface area contributed by atoms with Crippen molar-refractivity contribution in [2.24, 2.45) is 5.92 Å². The number of hydrogen-bond acceptors (Lipinski definition) is 7. The van der Waals surface area contributed by atoms with Crippen molar-refractivity contribution in [3.8, 4) is 17.2 Å². The Morgan fingerprint density at radius 3 is 2.32 bits per heavy atom. The maximum Gasteiger partial charge on any atom is 0.416 e. The van der Waals surface area contributed by atoms with Crippen LogP contribution < -0.4 is 14.8 Å². The highest BCUT2D eigenvalue weighted by Crippen LogP contribution is 2.34. The second-order valence-electron chi connectivity index (χ2n) is 12.3. The number of nitrogens with one attached hydrogen (secondary N) is 1. The molecule has 2 atom stereocenters. The molecule has 12 heteroatoms. The van der Waals surface area contributed by atoms with E-state index in [1.165, 1.54) is 28.7 Å². The lowest BCUT2D eigenvalue weighted by molar-refractivity contribution is -0.137. The van der Waals surface area contributed by atoms with Crippen LogP contribution in [0.1, 0.15) is 45.6 Å². The molecule has 1 aliphatic heterocycles. The summed E-state index contributed by atoms with van der Waals surface area (Å²) in [4.78, 5) is 29.1. The second-order valence-corrected chi connectivity index (χ2v) is 12.3. The van der Waals surface area contributed by atoms with Gasteiger partial charge < -0.3 is 34.8 Å². The Balaban J connectivity index is 0.000000263. The van der Waals surface area contributed by atoms with Gasteiger partial charge in [0.15, 0.2) is 11.9 Å². The summed E-state index contributed by atoms with van der Waals surface area (Å²) in [7, 11) is 4.13. The number of benzene rings is 4. The third kappa shape index (κ3) is 10.3. The van der Waals surface area contributed by atoms with E-state index in [4.69, 9.17) is 9.47 Å². The molecule has 0 radical (unpaired) electrons. The Morgan fingerprint density at radius 1 is 1.02 bits per heavy atom. The number of alkyl halides is 3. The van der Waals surface area contributed by atoms with Gasteiger partial charge in [-0.15, -0.1) is 0 Å².